The number of rotatable bonds is 27. The Hall–Kier alpha value is -5.59. The van der Waals surface area contributed by atoms with Crippen LogP contribution in [0.1, 0.15) is 97.4 Å². The van der Waals surface area contributed by atoms with Gasteiger partial charge in [0, 0.05) is 99.6 Å². The van der Waals surface area contributed by atoms with E-state index in [1.807, 2.05) is 72.8 Å². The zero-order valence-electron chi connectivity index (χ0n) is 42.1. The molecule has 18 heteroatoms. The van der Waals surface area contributed by atoms with E-state index in [-0.39, 0.29) is 59.8 Å². The fourth-order valence-electron chi connectivity index (χ4n) is 8.53. The molecular weight excluding hydrogens is 935 g/mol. The molecule has 1 saturated heterocycles. The zero-order valence-corrected chi connectivity index (χ0v) is 43.0. The number of thioether (sulfide) groups is 1. The number of carbonyl (C=O) groups is 6. The SMILES string of the molecule is CC(C)(C)OC(=O)N1CCC(CN(C(=O)CSCCC(=O)NCCOCCOCCNC(=O)CCCCCN2C(=O)C=CC2=O)[C@@H](c2cc(-c3cc(F)ccc3F)cn2Cc2ccccc2)C(C)(C)C)C1. The van der Waals surface area contributed by atoms with E-state index in [2.05, 4.69) is 31.4 Å². The molecule has 2 N–H and O–H groups in total. The third-order valence-electron chi connectivity index (χ3n) is 11.9. The molecule has 3 heterocycles. The van der Waals surface area contributed by atoms with Crippen molar-refractivity contribution in [2.45, 2.75) is 98.3 Å². The lowest BCUT2D eigenvalue weighted by Gasteiger charge is -2.42. The fourth-order valence-corrected chi connectivity index (χ4v) is 9.34. The van der Waals surface area contributed by atoms with Crippen LogP contribution in [0.15, 0.2) is 72.9 Å². The molecule has 3 aromatic rings. The first-order valence-corrected chi connectivity index (χ1v) is 25.7. The first-order chi connectivity index (χ1) is 33.8. The van der Waals surface area contributed by atoms with Gasteiger partial charge in [0.1, 0.15) is 17.2 Å². The number of ether oxygens (including phenoxy) is 3. The number of imide groups is 1. The van der Waals surface area contributed by atoms with Gasteiger partial charge in [-0.15, -0.1) is 0 Å². The van der Waals surface area contributed by atoms with Crippen LogP contribution in [0.5, 0.6) is 0 Å². The maximum atomic E-state index is 15.4. The van der Waals surface area contributed by atoms with Gasteiger partial charge in [0.15, 0.2) is 0 Å². The predicted molar refractivity (Wildman–Crippen MR) is 269 cm³/mol. The second-order valence-electron chi connectivity index (χ2n) is 20.0. The van der Waals surface area contributed by atoms with Crippen LogP contribution < -0.4 is 10.6 Å². The Morgan fingerprint density at radius 2 is 1.49 bits per heavy atom. The van der Waals surface area contributed by atoms with E-state index in [0.29, 0.717) is 103 Å². The van der Waals surface area contributed by atoms with Crippen molar-refractivity contribution in [2.24, 2.45) is 11.3 Å². The van der Waals surface area contributed by atoms with Crippen molar-refractivity contribution in [3.05, 3.63) is 95.8 Å². The van der Waals surface area contributed by atoms with Gasteiger partial charge in [-0.3, -0.25) is 28.9 Å². The number of aromatic nitrogens is 1. The van der Waals surface area contributed by atoms with E-state index in [1.54, 1.807) is 4.90 Å². The molecule has 1 fully saturated rings. The standard InChI is InChI=1S/C53H72F2N6O9S/c1-52(2,3)50(44-31-40(42-32-41(54)16-17-43(42)55)36-59(44)33-38-13-9-7-10-14-38)61(35-39-20-25-58(34-39)51(67)70-53(4,5)6)49(66)37-71-30-21-46(63)57-23-27-69-29-28-68-26-22-56-45(62)15-11-8-12-24-60-47(64)18-19-48(60)65/h7,9-10,13-14,16-19,31-32,36,39,50H,8,11-12,15,20-30,33-35,37H2,1-6H3,(H,56,62)(H,57,63)/t39?,50-/m0/s1. The third kappa shape index (κ3) is 18.5. The molecule has 0 aliphatic carbocycles. The number of nitrogens with zero attached hydrogens (tertiary/aromatic N) is 4. The lowest BCUT2D eigenvalue weighted by atomic mass is 9.82. The van der Waals surface area contributed by atoms with Crippen LogP contribution in [0.3, 0.4) is 0 Å². The van der Waals surface area contributed by atoms with Crippen molar-refractivity contribution >= 4 is 47.4 Å². The summed E-state index contributed by atoms with van der Waals surface area (Å²) in [4.78, 5) is 80.6. The van der Waals surface area contributed by atoms with Crippen LogP contribution in [0.4, 0.5) is 13.6 Å². The Labute approximate surface area is 421 Å². The molecule has 71 heavy (non-hydrogen) atoms. The van der Waals surface area contributed by atoms with Gasteiger partial charge in [-0.25, -0.2) is 13.6 Å². The van der Waals surface area contributed by atoms with Gasteiger partial charge in [-0.05, 0) is 81.2 Å². The van der Waals surface area contributed by atoms with E-state index >= 15 is 4.39 Å². The van der Waals surface area contributed by atoms with Crippen molar-refractivity contribution < 1.29 is 51.8 Å². The fraction of sp³-hybridized carbons (Fsp3) is 0.547. The number of hydrogen-bond acceptors (Lipinski definition) is 10. The van der Waals surface area contributed by atoms with Gasteiger partial charge in [-0.1, -0.05) is 57.5 Å². The highest BCUT2D eigenvalue weighted by atomic mass is 32.2. The Morgan fingerprint density at radius 1 is 0.831 bits per heavy atom. The van der Waals surface area contributed by atoms with Gasteiger partial charge in [0.05, 0.1) is 38.2 Å². The molecule has 5 rings (SSSR count). The van der Waals surface area contributed by atoms with E-state index in [4.69, 9.17) is 14.2 Å². The highest BCUT2D eigenvalue weighted by Crippen LogP contribution is 2.42. The number of hydrogen-bond donors (Lipinski definition) is 2. The molecule has 2 aliphatic rings. The minimum atomic E-state index is -0.661. The Morgan fingerprint density at radius 3 is 2.14 bits per heavy atom. The van der Waals surface area contributed by atoms with Gasteiger partial charge in [-0.2, -0.15) is 11.8 Å². The van der Waals surface area contributed by atoms with Crippen molar-refractivity contribution in [3.8, 4) is 11.1 Å². The van der Waals surface area contributed by atoms with Crippen molar-refractivity contribution in [3.63, 3.8) is 0 Å². The molecule has 0 radical (unpaired) electrons. The van der Waals surface area contributed by atoms with Gasteiger partial charge < -0.3 is 39.2 Å². The van der Waals surface area contributed by atoms with Crippen LogP contribution in [-0.2, 0) is 44.7 Å². The number of carbonyl (C=O) groups excluding carboxylic acids is 6. The number of likely N-dealkylation sites (tertiary alicyclic amines) is 1. The Kier molecular flexibility index (Phi) is 21.7. The second-order valence-corrected chi connectivity index (χ2v) is 21.1. The van der Waals surface area contributed by atoms with E-state index < -0.39 is 34.8 Å². The molecule has 0 spiro atoms. The Balaban J connectivity index is 1.10. The number of halogens is 2. The third-order valence-corrected chi connectivity index (χ3v) is 12.8. The maximum absolute atomic E-state index is 15.4. The topological polar surface area (TPSA) is 169 Å². The smallest absolute Gasteiger partial charge is 0.410 e. The molecule has 2 aromatic carbocycles. The highest BCUT2D eigenvalue weighted by molar-refractivity contribution is 7.99. The summed E-state index contributed by atoms with van der Waals surface area (Å²) in [6, 6.07) is 14.5. The lowest BCUT2D eigenvalue weighted by Crippen LogP contribution is -2.46. The quantitative estimate of drug-likeness (QED) is 0.0576. The first-order valence-electron chi connectivity index (χ1n) is 24.6. The molecule has 6 amide bonds. The molecular formula is C53H72F2N6O9S. The Bertz CT molecular complexity index is 2280. The summed E-state index contributed by atoms with van der Waals surface area (Å²) < 4.78 is 48.8. The summed E-state index contributed by atoms with van der Waals surface area (Å²) in [7, 11) is 0. The molecule has 2 atom stereocenters. The average Bonchev–Trinajstić information content (AvgIpc) is 4.04. The number of benzene rings is 2. The molecule has 1 unspecified atom stereocenters. The van der Waals surface area contributed by atoms with E-state index in [0.717, 1.165) is 29.8 Å². The normalized spacial score (nSPS) is 15.4. The molecule has 0 bridgehead atoms. The van der Waals surface area contributed by atoms with Crippen LogP contribution in [-0.4, -0.2) is 138 Å². The summed E-state index contributed by atoms with van der Waals surface area (Å²) >= 11 is 1.36. The van der Waals surface area contributed by atoms with Crippen LogP contribution >= 0.6 is 11.8 Å². The van der Waals surface area contributed by atoms with Crippen molar-refractivity contribution in [1.82, 2.24) is 29.9 Å². The highest BCUT2D eigenvalue weighted by Gasteiger charge is 2.40. The molecule has 1 aromatic heterocycles. The average molecular weight is 1010 g/mol. The van der Waals surface area contributed by atoms with Crippen molar-refractivity contribution in [2.75, 3.05) is 77.2 Å². The minimum absolute atomic E-state index is 0.0623. The number of unbranched alkanes of at least 4 members (excludes halogenated alkanes) is 2. The van der Waals surface area contributed by atoms with E-state index in [9.17, 15) is 33.2 Å². The lowest BCUT2D eigenvalue weighted by molar-refractivity contribution is -0.137. The summed E-state index contributed by atoms with van der Waals surface area (Å²) in [6.07, 6.45) is 7.15. The molecule has 15 nitrogen and oxygen atoms in total. The largest absolute Gasteiger partial charge is 0.444 e. The summed E-state index contributed by atoms with van der Waals surface area (Å²) in [5.74, 6) is -1.72. The van der Waals surface area contributed by atoms with Crippen LogP contribution in [0.2, 0.25) is 0 Å². The van der Waals surface area contributed by atoms with Gasteiger partial charge in [0.25, 0.3) is 11.8 Å². The van der Waals surface area contributed by atoms with Crippen LogP contribution in [0, 0.1) is 23.0 Å². The predicted octanol–water partition coefficient (Wildman–Crippen LogP) is 7.53. The minimum Gasteiger partial charge on any atom is -0.444 e. The number of amides is 6. The maximum Gasteiger partial charge on any atom is 0.410 e. The molecule has 388 valence electrons. The zero-order chi connectivity index (χ0) is 51.6. The second kappa shape index (κ2) is 27.3. The van der Waals surface area contributed by atoms with Gasteiger partial charge >= 0.3 is 6.09 Å². The molecule has 2 aliphatic heterocycles. The summed E-state index contributed by atoms with van der Waals surface area (Å²) in [5.41, 5.74) is 1.13. The summed E-state index contributed by atoms with van der Waals surface area (Å²) in [6.45, 7) is 15.5. The molecule has 0 saturated carbocycles. The summed E-state index contributed by atoms with van der Waals surface area (Å²) in [5, 5.41) is 5.66. The van der Waals surface area contributed by atoms with Crippen molar-refractivity contribution in [1.29, 1.82) is 0 Å². The number of nitrogens with one attached hydrogen (secondary N) is 2. The van der Waals surface area contributed by atoms with Crippen LogP contribution in [0.25, 0.3) is 11.1 Å². The van der Waals surface area contributed by atoms with Gasteiger partial charge in [0.2, 0.25) is 17.7 Å². The first kappa shape index (κ1) is 56.3. The monoisotopic (exact) mass is 1010 g/mol. The van der Waals surface area contributed by atoms with E-state index in [1.165, 1.54) is 34.9 Å².